The Bertz CT molecular complexity index is 336. The van der Waals surface area contributed by atoms with Crippen molar-refractivity contribution in [3.05, 3.63) is 35.9 Å². The van der Waals surface area contributed by atoms with E-state index in [-0.39, 0.29) is 5.91 Å². The molecular formula is C15H24N2O. The summed E-state index contributed by atoms with van der Waals surface area (Å²) in [6, 6.07) is 9.95. The molecule has 2 N–H and O–H groups in total. The van der Waals surface area contributed by atoms with E-state index >= 15 is 0 Å². The van der Waals surface area contributed by atoms with Crippen molar-refractivity contribution in [3.8, 4) is 0 Å². The number of nitrogens with one attached hydrogen (secondary N) is 2. The SMILES string of the molecule is CC(C)CCCNCC(=O)NCc1ccccc1. The molecule has 100 valence electrons. The van der Waals surface area contributed by atoms with Crippen LogP contribution in [0.4, 0.5) is 0 Å². The standard InChI is InChI=1S/C15H24N2O/c1-13(2)7-6-10-16-12-15(18)17-11-14-8-4-3-5-9-14/h3-5,8-9,13,16H,6-7,10-12H2,1-2H3,(H,17,18). The molecule has 0 saturated carbocycles. The lowest BCUT2D eigenvalue weighted by Crippen LogP contribution is -2.33. The zero-order valence-corrected chi connectivity index (χ0v) is 11.4. The van der Waals surface area contributed by atoms with E-state index in [9.17, 15) is 4.79 Å². The molecule has 1 aromatic carbocycles. The van der Waals surface area contributed by atoms with Gasteiger partial charge in [-0.2, -0.15) is 0 Å². The third kappa shape index (κ3) is 7.07. The van der Waals surface area contributed by atoms with E-state index in [1.54, 1.807) is 0 Å². The molecule has 0 radical (unpaired) electrons. The molecule has 0 heterocycles. The number of hydrogen-bond acceptors (Lipinski definition) is 2. The first-order chi connectivity index (χ1) is 8.68. The minimum atomic E-state index is 0.0587. The van der Waals surface area contributed by atoms with E-state index in [0.717, 1.165) is 24.4 Å². The molecule has 3 nitrogen and oxygen atoms in total. The Balaban J connectivity index is 2.04. The van der Waals surface area contributed by atoms with Gasteiger partial charge in [-0.05, 0) is 30.9 Å². The first-order valence-corrected chi connectivity index (χ1v) is 6.70. The summed E-state index contributed by atoms with van der Waals surface area (Å²) >= 11 is 0. The third-order valence-electron chi connectivity index (χ3n) is 2.75. The van der Waals surface area contributed by atoms with Crippen molar-refractivity contribution >= 4 is 5.91 Å². The van der Waals surface area contributed by atoms with Crippen LogP contribution in [0.3, 0.4) is 0 Å². The summed E-state index contributed by atoms with van der Waals surface area (Å²) in [5.74, 6) is 0.794. The predicted octanol–water partition coefficient (Wildman–Crippen LogP) is 2.33. The molecule has 18 heavy (non-hydrogen) atoms. The van der Waals surface area contributed by atoms with Gasteiger partial charge in [0, 0.05) is 6.54 Å². The second-order valence-corrected chi connectivity index (χ2v) is 4.98. The van der Waals surface area contributed by atoms with E-state index in [2.05, 4.69) is 24.5 Å². The summed E-state index contributed by atoms with van der Waals surface area (Å²) in [5.41, 5.74) is 1.13. The zero-order chi connectivity index (χ0) is 13.2. The van der Waals surface area contributed by atoms with Crippen molar-refractivity contribution < 1.29 is 4.79 Å². The average Bonchev–Trinajstić information content (AvgIpc) is 2.37. The number of amides is 1. The van der Waals surface area contributed by atoms with Crippen LogP contribution >= 0.6 is 0 Å². The average molecular weight is 248 g/mol. The maximum Gasteiger partial charge on any atom is 0.234 e. The molecule has 0 bridgehead atoms. The van der Waals surface area contributed by atoms with Gasteiger partial charge in [0.25, 0.3) is 0 Å². The zero-order valence-electron chi connectivity index (χ0n) is 11.4. The number of rotatable bonds is 8. The summed E-state index contributed by atoms with van der Waals surface area (Å²) in [7, 11) is 0. The van der Waals surface area contributed by atoms with Gasteiger partial charge < -0.3 is 10.6 Å². The Morgan fingerprint density at radius 3 is 2.61 bits per heavy atom. The van der Waals surface area contributed by atoms with Gasteiger partial charge in [0.15, 0.2) is 0 Å². The van der Waals surface area contributed by atoms with E-state index in [1.807, 2.05) is 30.3 Å². The molecule has 0 fully saturated rings. The van der Waals surface area contributed by atoms with Crippen molar-refractivity contribution in [3.63, 3.8) is 0 Å². The van der Waals surface area contributed by atoms with Crippen LogP contribution in [0, 0.1) is 5.92 Å². The predicted molar refractivity (Wildman–Crippen MR) is 75.2 cm³/mol. The molecule has 0 aromatic heterocycles. The van der Waals surface area contributed by atoms with Crippen molar-refractivity contribution in [2.75, 3.05) is 13.1 Å². The molecule has 3 heteroatoms. The third-order valence-corrected chi connectivity index (χ3v) is 2.75. The smallest absolute Gasteiger partial charge is 0.234 e. The van der Waals surface area contributed by atoms with Gasteiger partial charge in [-0.1, -0.05) is 44.2 Å². The molecule has 0 unspecified atom stereocenters. The first-order valence-electron chi connectivity index (χ1n) is 6.70. The summed E-state index contributed by atoms with van der Waals surface area (Å²) < 4.78 is 0. The molecule has 0 atom stereocenters. The molecule has 1 rings (SSSR count). The Hall–Kier alpha value is -1.35. The fraction of sp³-hybridized carbons (Fsp3) is 0.533. The van der Waals surface area contributed by atoms with Gasteiger partial charge in [0.05, 0.1) is 6.54 Å². The van der Waals surface area contributed by atoms with E-state index in [1.165, 1.54) is 6.42 Å². The van der Waals surface area contributed by atoms with Crippen LogP contribution in [0.5, 0.6) is 0 Å². The summed E-state index contributed by atoms with van der Waals surface area (Å²) in [6.07, 6.45) is 2.34. The van der Waals surface area contributed by atoms with Gasteiger partial charge in [-0.15, -0.1) is 0 Å². The van der Waals surface area contributed by atoms with E-state index < -0.39 is 0 Å². The fourth-order valence-electron chi connectivity index (χ4n) is 1.70. The van der Waals surface area contributed by atoms with Gasteiger partial charge in [0.1, 0.15) is 0 Å². The van der Waals surface area contributed by atoms with Crippen molar-refractivity contribution in [2.24, 2.45) is 5.92 Å². The number of hydrogen-bond donors (Lipinski definition) is 2. The largest absolute Gasteiger partial charge is 0.351 e. The van der Waals surface area contributed by atoms with Crippen LogP contribution in [0.1, 0.15) is 32.3 Å². The number of carbonyl (C=O) groups is 1. The molecule has 0 aliphatic carbocycles. The Kier molecular flexibility index (Phi) is 7.11. The van der Waals surface area contributed by atoms with E-state index in [0.29, 0.717) is 13.1 Å². The Morgan fingerprint density at radius 2 is 1.94 bits per heavy atom. The topological polar surface area (TPSA) is 41.1 Å². The van der Waals surface area contributed by atoms with Gasteiger partial charge in [-0.25, -0.2) is 0 Å². The van der Waals surface area contributed by atoms with Gasteiger partial charge >= 0.3 is 0 Å². The second-order valence-electron chi connectivity index (χ2n) is 4.98. The van der Waals surface area contributed by atoms with Gasteiger partial charge in [0.2, 0.25) is 5.91 Å². The Labute approximate surface area is 110 Å². The van der Waals surface area contributed by atoms with Crippen molar-refractivity contribution in [1.29, 1.82) is 0 Å². The minimum Gasteiger partial charge on any atom is -0.351 e. The highest BCUT2D eigenvalue weighted by atomic mass is 16.1. The molecule has 0 aliphatic heterocycles. The van der Waals surface area contributed by atoms with Crippen LogP contribution in [0.2, 0.25) is 0 Å². The van der Waals surface area contributed by atoms with Crippen molar-refractivity contribution in [2.45, 2.75) is 33.2 Å². The quantitative estimate of drug-likeness (QED) is 0.693. The Morgan fingerprint density at radius 1 is 1.22 bits per heavy atom. The van der Waals surface area contributed by atoms with Crippen LogP contribution in [0.25, 0.3) is 0 Å². The lowest BCUT2D eigenvalue weighted by molar-refractivity contribution is -0.120. The highest BCUT2D eigenvalue weighted by molar-refractivity contribution is 5.77. The fourth-order valence-corrected chi connectivity index (χ4v) is 1.70. The molecule has 0 spiro atoms. The maximum atomic E-state index is 11.5. The molecular weight excluding hydrogens is 224 g/mol. The highest BCUT2D eigenvalue weighted by Crippen LogP contribution is 2.01. The lowest BCUT2D eigenvalue weighted by Gasteiger charge is -2.07. The number of benzene rings is 1. The molecule has 1 aromatic rings. The summed E-state index contributed by atoms with van der Waals surface area (Å²) in [5, 5.41) is 6.06. The summed E-state index contributed by atoms with van der Waals surface area (Å²) in [4.78, 5) is 11.5. The van der Waals surface area contributed by atoms with E-state index in [4.69, 9.17) is 0 Å². The summed E-state index contributed by atoms with van der Waals surface area (Å²) in [6.45, 7) is 6.36. The number of carbonyl (C=O) groups excluding carboxylic acids is 1. The molecule has 1 amide bonds. The van der Waals surface area contributed by atoms with Gasteiger partial charge in [-0.3, -0.25) is 4.79 Å². The normalized spacial score (nSPS) is 10.6. The maximum absolute atomic E-state index is 11.5. The molecule has 0 saturated heterocycles. The first kappa shape index (κ1) is 14.7. The highest BCUT2D eigenvalue weighted by Gasteiger charge is 2.00. The minimum absolute atomic E-state index is 0.0587. The van der Waals surface area contributed by atoms with Crippen LogP contribution in [-0.4, -0.2) is 19.0 Å². The van der Waals surface area contributed by atoms with Crippen molar-refractivity contribution in [1.82, 2.24) is 10.6 Å². The van der Waals surface area contributed by atoms with Crippen LogP contribution < -0.4 is 10.6 Å². The second kappa shape index (κ2) is 8.70. The van der Waals surface area contributed by atoms with Crippen LogP contribution in [0.15, 0.2) is 30.3 Å². The monoisotopic (exact) mass is 248 g/mol. The van der Waals surface area contributed by atoms with Crippen LogP contribution in [-0.2, 0) is 11.3 Å². The molecule has 0 aliphatic rings. The lowest BCUT2D eigenvalue weighted by atomic mass is 10.1.